The summed E-state index contributed by atoms with van der Waals surface area (Å²) in [6, 6.07) is 12.9. The summed E-state index contributed by atoms with van der Waals surface area (Å²) in [6.07, 6.45) is 1.34. The van der Waals surface area contributed by atoms with E-state index in [1.165, 1.54) is 19.1 Å². The maximum Gasteiger partial charge on any atom is 0.268 e. The van der Waals surface area contributed by atoms with Crippen molar-refractivity contribution < 1.29 is 27.1 Å². The highest BCUT2D eigenvalue weighted by Crippen LogP contribution is 2.30. The molecule has 0 aliphatic carbocycles. The van der Waals surface area contributed by atoms with Gasteiger partial charge in [0.25, 0.3) is 11.1 Å². The Morgan fingerprint density at radius 3 is 2.66 bits per heavy atom. The molecule has 0 bridgehead atoms. The second-order valence-electron chi connectivity index (χ2n) is 6.93. The minimum absolute atomic E-state index is 0.00856. The van der Waals surface area contributed by atoms with Crippen molar-refractivity contribution in [3.8, 4) is 17.6 Å². The van der Waals surface area contributed by atoms with Gasteiger partial charge in [0.15, 0.2) is 11.5 Å². The van der Waals surface area contributed by atoms with Gasteiger partial charge in [-0.2, -0.15) is 14.6 Å². The van der Waals surface area contributed by atoms with Crippen molar-refractivity contribution in [3.63, 3.8) is 0 Å². The van der Waals surface area contributed by atoms with Crippen molar-refractivity contribution in [2.24, 2.45) is 0 Å². The van der Waals surface area contributed by atoms with E-state index in [9.17, 15) is 22.9 Å². The Labute approximate surface area is 205 Å². The molecule has 0 radical (unpaired) electrons. The molecular formula is C23H21FN4O5S2. The fourth-order valence-corrected chi connectivity index (χ4v) is 4.35. The van der Waals surface area contributed by atoms with Crippen molar-refractivity contribution >= 4 is 38.5 Å². The van der Waals surface area contributed by atoms with E-state index in [0.717, 1.165) is 0 Å². The largest absolute Gasteiger partial charge is 0.490 e. The van der Waals surface area contributed by atoms with Crippen LogP contribution < -0.4 is 14.8 Å². The predicted molar refractivity (Wildman–Crippen MR) is 128 cm³/mol. The molecule has 0 fully saturated rings. The molecule has 182 valence electrons. The van der Waals surface area contributed by atoms with Gasteiger partial charge >= 0.3 is 0 Å². The maximum atomic E-state index is 13.9. The van der Waals surface area contributed by atoms with Crippen LogP contribution in [0.5, 0.6) is 11.5 Å². The maximum absolute atomic E-state index is 13.9. The first kappa shape index (κ1) is 25.8. The number of nitriles is 1. The highest BCUT2D eigenvalue weighted by Gasteiger charge is 2.20. The molecule has 1 amide bonds. The van der Waals surface area contributed by atoms with Gasteiger partial charge < -0.3 is 9.47 Å². The second-order valence-corrected chi connectivity index (χ2v) is 9.85. The number of nitrogens with zero attached hydrogens (tertiary/aromatic N) is 3. The van der Waals surface area contributed by atoms with Gasteiger partial charge in [-0.05, 0) is 36.8 Å². The summed E-state index contributed by atoms with van der Waals surface area (Å²) >= 11 is 0.698. The summed E-state index contributed by atoms with van der Waals surface area (Å²) in [5, 5.41) is 11.4. The van der Waals surface area contributed by atoms with Crippen LogP contribution >= 0.6 is 11.5 Å². The number of amides is 1. The quantitative estimate of drug-likeness (QED) is 0.316. The van der Waals surface area contributed by atoms with Gasteiger partial charge in [0.05, 0.1) is 12.4 Å². The topological polar surface area (TPSA) is 131 Å². The van der Waals surface area contributed by atoms with Crippen LogP contribution in [0.1, 0.15) is 25.0 Å². The summed E-state index contributed by atoms with van der Waals surface area (Å²) in [7, 11) is -3.62. The number of benzene rings is 2. The number of sulfone groups is 1. The molecule has 9 nitrogen and oxygen atoms in total. The number of nitrogens with one attached hydrogen (secondary N) is 1. The van der Waals surface area contributed by atoms with Crippen molar-refractivity contribution in [2.75, 3.05) is 17.7 Å². The number of hydrogen-bond donors (Lipinski definition) is 1. The third-order valence-corrected chi connectivity index (χ3v) is 6.82. The van der Waals surface area contributed by atoms with Gasteiger partial charge in [-0.1, -0.05) is 31.2 Å². The van der Waals surface area contributed by atoms with Crippen LogP contribution in [0.25, 0.3) is 6.08 Å². The Kier molecular flexibility index (Phi) is 8.51. The van der Waals surface area contributed by atoms with Crippen LogP contribution in [-0.4, -0.2) is 36.0 Å². The van der Waals surface area contributed by atoms with Crippen molar-refractivity contribution in [1.82, 2.24) is 9.36 Å². The van der Waals surface area contributed by atoms with E-state index in [-0.39, 0.29) is 34.0 Å². The lowest BCUT2D eigenvalue weighted by molar-refractivity contribution is -0.112. The number of ether oxygens (including phenoxy) is 2. The summed E-state index contributed by atoms with van der Waals surface area (Å²) < 4.78 is 52.6. The fourth-order valence-electron chi connectivity index (χ4n) is 2.77. The summed E-state index contributed by atoms with van der Waals surface area (Å²) in [5.41, 5.74) is 0.612. The average molecular weight is 517 g/mol. The molecule has 0 aliphatic heterocycles. The van der Waals surface area contributed by atoms with E-state index < -0.39 is 15.7 Å². The van der Waals surface area contributed by atoms with Crippen LogP contribution in [0.15, 0.2) is 53.2 Å². The molecule has 2 aromatic carbocycles. The van der Waals surface area contributed by atoms with E-state index in [4.69, 9.17) is 9.47 Å². The highest BCUT2D eigenvalue weighted by atomic mass is 32.2. The van der Waals surface area contributed by atoms with Gasteiger partial charge in [0.1, 0.15) is 24.1 Å². The van der Waals surface area contributed by atoms with Crippen LogP contribution in [0, 0.1) is 17.1 Å². The van der Waals surface area contributed by atoms with Gasteiger partial charge in [0, 0.05) is 17.1 Å². The number of aromatic nitrogens is 2. The average Bonchev–Trinajstić information content (AvgIpc) is 3.32. The number of carbonyl (C=O) groups excluding carboxylic acids is 1. The molecule has 0 saturated heterocycles. The molecule has 1 heterocycles. The monoisotopic (exact) mass is 516 g/mol. The number of anilines is 1. The van der Waals surface area contributed by atoms with Gasteiger partial charge in [0.2, 0.25) is 15.0 Å². The van der Waals surface area contributed by atoms with Gasteiger partial charge in [-0.25, -0.2) is 12.8 Å². The smallest absolute Gasteiger partial charge is 0.268 e. The summed E-state index contributed by atoms with van der Waals surface area (Å²) in [4.78, 5) is 16.3. The lowest BCUT2D eigenvalue weighted by Crippen LogP contribution is -2.13. The SMILES string of the molecule is CCOc1cc(C=C(C#N)C(=O)Nc2nc(S(=O)(=O)CC)ns2)ccc1OCc1ccccc1F. The van der Waals surface area contributed by atoms with E-state index >= 15 is 0 Å². The molecule has 0 atom stereocenters. The van der Waals surface area contributed by atoms with Crippen LogP contribution in [0.4, 0.5) is 9.52 Å². The van der Waals surface area contributed by atoms with Crippen molar-refractivity contribution in [2.45, 2.75) is 25.6 Å². The molecule has 0 aliphatic rings. The van der Waals surface area contributed by atoms with Crippen LogP contribution in [-0.2, 0) is 21.2 Å². The highest BCUT2D eigenvalue weighted by molar-refractivity contribution is 7.91. The predicted octanol–water partition coefficient (Wildman–Crippen LogP) is 3.99. The number of rotatable bonds is 10. The molecule has 12 heteroatoms. The molecule has 1 aromatic heterocycles. The normalized spacial score (nSPS) is 11.5. The van der Waals surface area contributed by atoms with Crippen molar-refractivity contribution in [1.29, 1.82) is 5.26 Å². The Hall–Kier alpha value is -3.82. The van der Waals surface area contributed by atoms with Gasteiger partial charge in [-0.3, -0.25) is 10.1 Å². The lowest BCUT2D eigenvalue weighted by atomic mass is 10.1. The molecule has 0 spiro atoms. The number of halogens is 1. The van der Waals surface area contributed by atoms with E-state index in [1.807, 2.05) is 6.07 Å². The summed E-state index contributed by atoms with van der Waals surface area (Å²) in [6.45, 7) is 3.56. The van der Waals surface area contributed by atoms with Crippen LogP contribution in [0.3, 0.4) is 0 Å². The molecular weight excluding hydrogens is 495 g/mol. The number of carbonyl (C=O) groups is 1. The fraction of sp³-hybridized carbons (Fsp3) is 0.217. The molecule has 3 rings (SSSR count). The van der Waals surface area contributed by atoms with E-state index in [0.29, 0.717) is 40.8 Å². The number of hydrogen-bond acceptors (Lipinski definition) is 9. The minimum Gasteiger partial charge on any atom is -0.490 e. The van der Waals surface area contributed by atoms with Crippen molar-refractivity contribution in [3.05, 3.63) is 65.0 Å². The third kappa shape index (κ3) is 6.62. The molecule has 35 heavy (non-hydrogen) atoms. The zero-order valence-electron chi connectivity index (χ0n) is 18.8. The zero-order valence-corrected chi connectivity index (χ0v) is 20.5. The molecule has 1 N–H and O–H groups in total. The Morgan fingerprint density at radius 1 is 1.20 bits per heavy atom. The first-order valence-electron chi connectivity index (χ1n) is 10.4. The van der Waals surface area contributed by atoms with E-state index in [2.05, 4.69) is 14.7 Å². The lowest BCUT2D eigenvalue weighted by Gasteiger charge is -2.13. The summed E-state index contributed by atoms with van der Waals surface area (Å²) in [5.74, 6) is -0.614. The minimum atomic E-state index is -3.62. The Morgan fingerprint density at radius 2 is 1.97 bits per heavy atom. The third-order valence-electron chi connectivity index (χ3n) is 4.57. The van der Waals surface area contributed by atoms with E-state index in [1.54, 1.807) is 43.3 Å². The Balaban J connectivity index is 1.78. The molecule has 0 saturated carbocycles. The Bertz CT molecular complexity index is 1400. The zero-order chi connectivity index (χ0) is 25.4. The van der Waals surface area contributed by atoms with Crippen LogP contribution in [0.2, 0.25) is 0 Å². The second kappa shape index (κ2) is 11.5. The first-order chi connectivity index (χ1) is 16.8. The standard InChI is InChI=1S/C23H21FN4O5S2/c1-3-32-20-12-15(9-10-19(20)33-14-16-7-5-6-8-18(16)24)11-17(13-25)21(29)26-22-27-23(28-34-22)35(30,31)4-2/h5-12H,3-4,14H2,1-2H3,(H,26,27,28,29). The molecule has 3 aromatic rings. The van der Waals surface area contributed by atoms with Gasteiger partial charge in [-0.15, -0.1) is 0 Å². The molecule has 0 unspecified atom stereocenters. The first-order valence-corrected chi connectivity index (χ1v) is 12.8.